The summed E-state index contributed by atoms with van der Waals surface area (Å²) >= 11 is 0. The van der Waals surface area contributed by atoms with Gasteiger partial charge >= 0.3 is 6.18 Å². The molecule has 0 spiro atoms. The molecule has 3 nitrogen and oxygen atoms in total. The largest absolute Gasteiger partial charge is 0.394 e. The Morgan fingerprint density at radius 3 is 2.27 bits per heavy atom. The molecule has 0 aliphatic heterocycles. The maximum Gasteiger partial charge on any atom is 0.394 e. The van der Waals surface area contributed by atoms with Crippen molar-refractivity contribution in [2.45, 2.75) is 44.4 Å². The van der Waals surface area contributed by atoms with Gasteiger partial charge in [0.05, 0.1) is 11.5 Å². The Morgan fingerprint density at radius 1 is 1.32 bits per heavy atom. The van der Waals surface area contributed by atoms with E-state index in [1.54, 1.807) is 6.92 Å². The first-order chi connectivity index (χ1) is 9.75. The van der Waals surface area contributed by atoms with Crippen molar-refractivity contribution in [1.29, 1.82) is 0 Å². The molecule has 0 aromatic heterocycles. The lowest BCUT2D eigenvalue weighted by Gasteiger charge is -2.26. The number of amides is 1. The number of carbonyl (C=O) groups is 1. The number of carbonyl (C=O) groups excluding carboxylic acids is 1. The van der Waals surface area contributed by atoms with E-state index in [9.17, 15) is 18.0 Å². The summed E-state index contributed by atoms with van der Waals surface area (Å²) < 4.78 is 39.0. The molecule has 1 aromatic carbocycles. The Bertz CT molecular complexity index is 503. The van der Waals surface area contributed by atoms with Crippen LogP contribution < -0.4 is 11.1 Å². The molecule has 2 atom stereocenters. The van der Waals surface area contributed by atoms with Crippen molar-refractivity contribution in [2.24, 2.45) is 11.1 Å². The van der Waals surface area contributed by atoms with E-state index >= 15 is 0 Å². The van der Waals surface area contributed by atoms with Gasteiger partial charge in [-0.2, -0.15) is 13.2 Å². The van der Waals surface area contributed by atoms with Crippen LogP contribution in [0.15, 0.2) is 30.3 Å². The van der Waals surface area contributed by atoms with Crippen LogP contribution in [0.5, 0.6) is 0 Å². The predicted molar refractivity (Wildman–Crippen MR) is 80.6 cm³/mol. The molecule has 22 heavy (non-hydrogen) atoms. The lowest BCUT2D eigenvalue weighted by molar-refractivity contribution is -0.190. The third-order valence-corrected chi connectivity index (χ3v) is 4.14. The van der Waals surface area contributed by atoms with Gasteiger partial charge in [-0.3, -0.25) is 10.1 Å². The van der Waals surface area contributed by atoms with Crippen LogP contribution in [0, 0.1) is 5.41 Å². The fourth-order valence-corrected chi connectivity index (χ4v) is 2.53. The number of hydrogen-bond acceptors (Lipinski definition) is 2. The first kappa shape index (κ1) is 18.8. The third kappa shape index (κ3) is 4.14. The van der Waals surface area contributed by atoms with E-state index in [1.807, 2.05) is 30.3 Å². The highest BCUT2D eigenvalue weighted by Crippen LogP contribution is 2.60. The molecule has 7 heteroatoms. The van der Waals surface area contributed by atoms with E-state index in [1.165, 1.54) is 0 Å². The highest BCUT2D eigenvalue weighted by molar-refractivity contribution is 5.85. The molecule has 1 amide bonds. The summed E-state index contributed by atoms with van der Waals surface area (Å²) in [5.74, 6) is -0.742. The van der Waals surface area contributed by atoms with Crippen molar-refractivity contribution in [3.05, 3.63) is 35.9 Å². The van der Waals surface area contributed by atoms with Crippen LogP contribution in [-0.4, -0.2) is 18.1 Å². The molecule has 1 saturated carbocycles. The first-order valence-corrected chi connectivity index (χ1v) is 6.92. The van der Waals surface area contributed by atoms with E-state index in [-0.39, 0.29) is 37.7 Å². The fraction of sp³-hybridized carbons (Fsp3) is 0.533. The van der Waals surface area contributed by atoms with E-state index in [2.05, 4.69) is 5.32 Å². The Morgan fingerprint density at radius 2 is 1.86 bits per heavy atom. The summed E-state index contributed by atoms with van der Waals surface area (Å²) in [5.41, 5.74) is 4.44. The predicted octanol–water partition coefficient (Wildman–Crippen LogP) is 3.35. The summed E-state index contributed by atoms with van der Waals surface area (Å²) in [4.78, 5) is 11.5. The van der Waals surface area contributed by atoms with Crippen molar-refractivity contribution in [2.75, 3.05) is 0 Å². The minimum absolute atomic E-state index is 0. The number of alkyl halides is 3. The molecule has 0 heterocycles. The number of nitrogens with one attached hydrogen (secondary N) is 1. The van der Waals surface area contributed by atoms with Gasteiger partial charge in [-0.1, -0.05) is 30.3 Å². The summed E-state index contributed by atoms with van der Waals surface area (Å²) in [6.45, 7) is 1.80. The number of rotatable bonds is 6. The summed E-state index contributed by atoms with van der Waals surface area (Å²) in [7, 11) is 0. The SMILES string of the molecule is C[C@@H](N[C@H](CC1(C(F)(F)F)CC1)C(N)=O)c1ccccc1.Cl. The highest BCUT2D eigenvalue weighted by Gasteiger charge is 2.63. The number of benzene rings is 1. The molecule has 1 fully saturated rings. The summed E-state index contributed by atoms with van der Waals surface area (Å²) in [5, 5.41) is 2.93. The van der Waals surface area contributed by atoms with Gasteiger partial charge in [-0.15, -0.1) is 12.4 Å². The molecule has 2 rings (SSSR count). The van der Waals surface area contributed by atoms with Crippen molar-refractivity contribution >= 4 is 18.3 Å². The monoisotopic (exact) mass is 336 g/mol. The molecule has 1 aromatic rings. The van der Waals surface area contributed by atoms with Crippen LogP contribution in [0.25, 0.3) is 0 Å². The van der Waals surface area contributed by atoms with Gasteiger partial charge in [0.15, 0.2) is 0 Å². The van der Waals surface area contributed by atoms with Gasteiger partial charge in [-0.25, -0.2) is 0 Å². The summed E-state index contributed by atoms with van der Waals surface area (Å²) in [6.07, 6.45) is -4.43. The summed E-state index contributed by atoms with van der Waals surface area (Å²) in [6, 6.07) is 8.01. The quantitative estimate of drug-likeness (QED) is 0.837. The van der Waals surface area contributed by atoms with E-state index in [0.717, 1.165) is 5.56 Å². The number of halogens is 4. The Labute approximate surface area is 133 Å². The zero-order valence-corrected chi connectivity index (χ0v) is 13.0. The third-order valence-electron chi connectivity index (χ3n) is 4.14. The van der Waals surface area contributed by atoms with E-state index in [4.69, 9.17) is 5.73 Å². The molecule has 0 bridgehead atoms. The van der Waals surface area contributed by atoms with Gasteiger partial charge in [0, 0.05) is 6.04 Å². The average Bonchev–Trinajstić information content (AvgIpc) is 3.19. The van der Waals surface area contributed by atoms with Crippen molar-refractivity contribution in [3.63, 3.8) is 0 Å². The van der Waals surface area contributed by atoms with Crippen molar-refractivity contribution in [1.82, 2.24) is 5.32 Å². The second-order valence-electron chi connectivity index (χ2n) is 5.74. The molecular weight excluding hydrogens is 317 g/mol. The molecule has 3 N–H and O–H groups in total. The molecule has 0 unspecified atom stereocenters. The van der Waals surface area contributed by atoms with Crippen LogP contribution in [0.4, 0.5) is 13.2 Å². The highest BCUT2D eigenvalue weighted by atomic mass is 35.5. The van der Waals surface area contributed by atoms with Gasteiger partial charge < -0.3 is 5.73 Å². The molecule has 124 valence electrons. The maximum atomic E-state index is 13.0. The lowest BCUT2D eigenvalue weighted by Crippen LogP contribution is -2.46. The normalized spacial score (nSPS) is 18.9. The number of nitrogens with two attached hydrogens (primary N) is 1. The molecule has 0 saturated heterocycles. The standard InChI is InChI=1S/C15H19F3N2O.ClH/c1-10(11-5-3-2-4-6-11)20-12(13(19)21)9-14(7-8-14)15(16,17)18;/h2-6,10,12,20H,7-9H2,1H3,(H2,19,21);1H/t10-,12-;/m1./s1. The molecule has 1 aliphatic carbocycles. The Balaban J connectivity index is 0.00000242. The second kappa shape index (κ2) is 6.87. The minimum Gasteiger partial charge on any atom is -0.368 e. The van der Waals surface area contributed by atoms with Crippen molar-refractivity contribution in [3.8, 4) is 0 Å². The van der Waals surface area contributed by atoms with E-state index in [0.29, 0.717) is 0 Å². The zero-order valence-electron chi connectivity index (χ0n) is 12.2. The van der Waals surface area contributed by atoms with E-state index < -0.39 is 23.5 Å². The zero-order chi connectivity index (χ0) is 15.7. The number of primary amides is 1. The topological polar surface area (TPSA) is 55.1 Å². The molecule has 1 aliphatic rings. The Hall–Kier alpha value is -1.27. The maximum absolute atomic E-state index is 13.0. The molecule has 0 radical (unpaired) electrons. The Kier molecular flexibility index (Phi) is 5.87. The minimum atomic E-state index is -4.28. The van der Waals surface area contributed by atoms with Crippen LogP contribution in [0.1, 0.15) is 37.8 Å². The first-order valence-electron chi connectivity index (χ1n) is 6.92. The van der Waals surface area contributed by atoms with Gasteiger partial charge in [0.2, 0.25) is 5.91 Å². The second-order valence-corrected chi connectivity index (χ2v) is 5.74. The van der Waals surface area contributed by atoms with Gasteiger partial charge in [0.25, 0.3) is 0 Å². The fourth-order valence-electron chi connectivity index (χ4n) is 2.53. The smallest absolute Gasteiger partial charge is 0.368 e. The van der Waals surface area contributed by atoms with Gasteiger partial charge in [-0.05, 0) is 31.7 Å². The average molecular weight is 337 g/mol. The lowest BCUT2D eigenvalue weighted by atomic mass is 9.94. The molecular formula is C15H20ClF3N2O. The van der Waals surface area contributed by atoms with Crippen molar-refractivity contribution < 1.29 is 18.0 Å². The van der Waals surface area contributed by atoms with Crippen LogP contribution in [0.2, 0.25) is 0 Å². The van der Waals surface area contributed by atoms with Crippen LogP contribution in [-0.2, 0) is 4.79 Å². The van der Waals surface area contributed by atoms with Crippen LogP contribution in [0.3, 0.4) is 0 Å². The van der Waals surface area contributed by atoms with Crippen LogP contribution >= 0.6 is 12.4 Å². The number of hydrogen-bond donors (Lipinski definition) is 2. The van der Waals surface area contributed by atoms with Gasteiger partial charge in [0.1, 0.15) is 0 Å².